The fraction of sp³-hybridized carbons (Fsp3) is 0.600. The van der Waals surface area contributed by atoms with Gasteiger partial charge in [0.2, 0.25) is 0 Å². The SMILES string of the molecule is CNC(Cc1cc(Cl)ccc1OC)C1CCCCO1. The second-order valence-electron chi connectivity index (χ2n) is 4.96. The van der Waals surface area contributed by atoms with E-state index in [1.54, 1.807) is 7.11 Å². The third kappa shape index (κ3) is 3.85. The van der Waals surface area contributed by atoms with Crippen LogP contribution in [-0.4, -0.2) is 32.9 Å². The highest BCUT2D eigenvalue weighted by atomic mass is 35.5. The van der Waals surface area contributed by atoms with Gasteiger partial charge in [-0.1, -0.05) is 11.6 Å². The van der Waals surface area contributed by atoms with Gasteiger partial charge in [-0.25, -0.2) is 0 Å². The van der Waals surface area contributed by atoms with Crippen LogP contribution in [0.25, 0.3) is 0 Å². The molecular weight excluding hydrogens is 262 g/mol. The predicted octanol–water partition coefficient (Wildman–Crippen LogP) is 3.05. The number of benzene rings is 1. The van der Waals surface area contributed by atoms with E-state index in [2.05, 4.69) is 5.32 Å². The first-order chi connectivity index (χ1) is 9.24. The van der Waals surface area contributed by atoms with E-state index >= 15 is 0 Å². The maximum atomic E-state index is 6.08. The molecule has 0 radical (unpaired) electrons. The average Bonchev–Trinajstić information content (AvgIpc) is 2.46. The van der Waals surface area contributed by atoms with Gasteiger partial charge in [-0.05, 0) is 56.5 Å². The first-order valence-electron chi connectivity index (χ1n) is 6.86. The van der Waals surface area contributed by atoms with Crippen molar-refractivity contribution in [1.29, 1.82) is 0 Å². The Hall–Kier alpha value is -0.770. The number of ether oxygens (including phenoxy) is 2. The highest BCUT2D eigenvalue weighted by Gasteiger charge is 2.24. The molecule has 0 aliphatic carbocycles. The van der Waals surface area contributed by atoms with E-state index in [1.807, 2.05) is 25.2 Å². The van der Waals surface area contributed by atoms with Gasteiger partial charge in [-0.15, -0.1) is 0 Å². The summed E-state index contributed by atoms with van der Waals surface area (Å²) in [5.74, 6) is 0.889. The van der Waals surface area contributed by atoms with Gasteiger partial charge in [0.05, 0.1) is 13.2 Å². The minimum absolute atomic E-state index is 0.280. The summed E-state index contributed by atoms with van der Waals surface area (Å²) in [7, 11) is 3.68. The van der Waals surface area contributed by atoms with Gasteiger partial charge in [0.25, 0.3) is 0 Å². The van der Waals surface area contributed by atoms with Crippen molar-refractivity contribution in [3.05, 3.63) is 28.8 Å². The van der Waals surface area contributed by atoms with Crippen molar-refractivity contribution in [3.8, 4) is 5.75 Å². The second kappa shape index (κ2) is 7.13. The summed E-state index contributed by atoms with van der Waals surface area (Å²) in [6, 6.07) is 6.06. The fourth-order valence-corrected chi connectivity index (χ4v) is 2.84. The lowest BCUT2D eigenvalue weighted by molar-refractivity contribution is -0.00595. The predicted molar refractivity (Wildman–Crippen MR) is 78.1 cm³/mol. The minimum atomic E-state index is 0.280. The normalized spacial score (nSPS) is 21.1. The molecule has 1 aliphatic heterocycles. The monoisotopic (exact) mass is 283 g/mol. The zero-order valence-electron chi connectivity index (χ0n) is 11.6. The summed E-state index contributed by atoms with van der Waals surface area (Å²) >= 11 is 6.08. The summed E-state index contributed by atoms with van der Waals surface area (Å²) in [6.45, 7) is 0.871. The highest BCUT2D eigenvalue weighted by Crippen LogP contribution is 2.26. The summed E-state index contributed by atoms with van der Waals surface area (Å²) in [5, 5.41) is 4.11. The number of hydrogen-bond acceptors (Lipinski definition) is 3. The number of likely N-dealkylation sites (N-methyl/N-ethyl adjacent to an activating group) is 1. The molecule has 2 rings (SSSR count). The van der Waals surface area contributed by atoms with Crippen molar-refractivity contribution < 1.29 is 9.47 Å². The third-order valence-corrected chi connectivity index (χ3v) is 3.95. The van der Waals surface area contributed by atoms with Crippen molar-refractivity contribution in [2.24, 2.45) is 0 Å². The van der Waals surface area contributed by atoms with Crippen LogP contribution in [0.4, 0.5) is 0 Å². The molecule has 106 valence electrons. The van der Waals surface area contributed by atoms with Crippen LogP contribution in [0.3, 0.4) is 0 Å². The maximum absolute atomic E-state index is 6.08. The fourth-order valence-electron chi connectivity index (χ4n) is 2.65. The topological polar surface area (TPSA) is 30.5 Å². The van der Waals surface area contributed by atoms with Gasteiger partial charge < -0.3 is 14.8 Å². The summed E-state index contributed by atoms with van der Waals surface area (Å²) in [5.41, 5.74) is 1.13. The smallest absolute Gasteiger partial charge is 0.122 e. The molecule has 19 heavy (non-hydrogen) atoms. The van der Waals surface area contributed by atoms with Crippen LogP contribution in [-0.2, 0) is 11.2 Å². The molecule has 0 aromatic heterocycles. The first kappa shape index (κ1) is 14.6. The molecule has 0 spiro atoms. The molecule has 1 aliphatic rings. The zero-order chi connectivity index (χ0) is 13.7. The molecule has 1 fully saturated rings. The van der Waals surface area contributed by atoms with Crippen molar-refractivity contribution in [2.75, 3.05) is 20.8 Å². The van der Waals surface area contributed by atoms with Crippen LogP contribution >= 0.6 is 11.6 Å². The molecule has 2 atom stereocenters. The molecule has 0 bridgehead atoms. The standard InChI is InChI=1S/C15H22ClNO2/c1-17-13(15-5-3-4-8-19-15)10-11-9-12(16)6-7-14(11)18-2/h6-7,9,13,15,17H,3-5,8,10H2,1-2H3. The third-order valence-electron chi connectivity index (χ3n) is 3.72. The number of hydrogen-bond donors (Lipinski definition) is 1. The molecule has 1 aromatic rings. The molecular formula is C15H22ClNO2. The van der Waals surface area contributed by atoms with E-state index in [0.717, 1.165) is 35.8 Å². The summed E-state index contributed by atoms with van der Waals surface area (Å²) in [4.78, 5) is 0. The van der Waals surface area contributed by atoms with Crippen LogP contribution in [0.5, 0.6) is 5.75 Å². The van der Waals surface area contributed by atoms with Crippen molar-refractivity contribution in [1.82, 2.24) is 5.32 Å². The van der Waals surface area contributed by atoms with Crippen LogP contribution in [0.2, 0.25) is 5.02 Å². The Labute approximate surface area is 120 Å². The van der Waals surface area contributed by atoms with Gasteiger partial charge in [0.1, 0.15) is 5.75 Å². The second-order valence-corrected chi connectivity index (χ2v) is 5.40. The Kier molecular flexibility index (Phi) is 5.49. The van der Waals surface area contributed by atoms with Crippen molar-refractivity contribution >= 4 is 11.6 Å². The molecule has 0 amide bonds. The molecule has 1 aromatic carbocycles. The van der Waals surface area contributed by atoms with E-state index < -0.39 is 0 Å². The molecule has 1 heterocycles. The van der Waals surface area contributed by atoms with E-state index in [-0.39, 0.29) is 6.10 Å². The molecule has 2 unspecified atom stereocenters. The van der Waals surface area contributed by atoms with E-state index in [9.17, 15) is 0 Å². The Morgan fingerprint density at radius 1 is 1.47 bits per heavy atom. The van der Waals surface area contributed by atoms with Crippen LogP contribution in [0.1, 0.15) is 24.8 Å². The molecule has 1 N–H and O–H groups in total. The Morgan fingerprint density at radius 3 is 2.95 bits per heavy atom. The Morgan fingerprint density at radius 2 is 2.32 bits per heavy atom. The van der Waals surface area contributed by atoms with Crippen LogP contribution in [0.15, 0.2) is 18.2 Å². The number of rotatable bonds is 5. The first-order valence-corrected chi connectivity index (χ1v) is 7.23. The number of nitrogens with one attached hydrogen (secondary N) is 1. The summed E-state index contributed by atoms with van der Waals surface area (Å²) in [6.07, 6.45) is 4.69. The summed E-state index contributed by atoms with van der Waals surface area (Å²) < 4.78 is 11.3. The average molecular weight is 284 g/mol. The highest BCUT2D eigenvalue weighted by molar-refractivity contribution is 6.30. The maximum Gasteiger partial charge on any atom is 0.122 e. The molecule has 0 saturated carbocycles. The lowest BCUT2D eigenvalue weighted by Gasteiger charge is -2.30. The molecule has 4 heteroatoms. The van der Waals surface area contributed by atoms with E-state index in [0.29, 0.717) is 6.04 Å². The van der Waals surface area contributed by atoms with Gasteiger partial charge in [0.15, 0.2) is 0 Å². The zero-order valence-corrected chi connectivity index (χ0v) is 12.4. The number of halogens is 1. The quantitative estimate of drug-likeness (QED) is 0.901. The van der Waals surface area contributed by atoms with Gasteiger partial charge in [0, 0.05) is 17.7 Å². The van der Waals surface area contributed by atoms with E-state index in [4.69, 9.17) is 21.1 Å². The van der Waals surface area contributed by atoms with Crippen molar-refractivity contribution in [2.45, 2.75) is 37.8 Å². The molecule has 3 nitrogen and oxygen atoms in total. The Bertz CT molecular complexity index is 405. The van der Waals surface area contributed by atoms with Crippen molar-refractivity contribution in [3.63, 3.8) is 0 Å². The van der Waals surface area contributed by atoms with E-state index in [1.165, 1.54) is 12.8 Å². The largest absolute Gasteiger partial charge is 0.496 e. The lowest BCUT2D eigenvalue weighted by Crippen LogP contribution is -2.42. The van der Waals surface area contributed by atoms with Gasteiger partial charge in [-0.2, -0.15) is 0 Å². The Balaban J connectivity index is 2.10. The van der Waals surface area contributed by atoms with Crippen LogP contribution in [0, 0.1) is 0 Å². The van der Waals surface area contributed by atoms with Gasteiger partial charge in [-0.3, -0.25) is 0 Å². The number of methoxy groups -OCH3 is 1. The minimum Gasteiger partial charge on any atom is -0.496 e. The van der Waals surface area contributed by atoms with Gasteiger partial charge >= 0.3 is 0 Å². The van der Waals surface area contributed by atoms with Crippen LogP contribution < -0.4 is 10.1 Å². The lowest BCUT2D eigenvalue weighted by atomic mass is 9.95. The molecule has 1 saturated heterocycles.